The molecule has 1 spiro atoms. The summed E-state index contributed by atoms with van der Waals surface area (Å²) in [5.41, 5.74) is 0.724. The monoisotopic (exact) mass is 351 g/mol. The molecule has 132 valence electrons. The van der Waals surface area contributed by atoms with Crippen molar-refractivity contribution in [3.8, 4) is 0 Å². The Morgan fingerprint density at radius 3 is 2.54 bits per heavy atom. The van der Waals surface area contributed by atoms with Gasteiger partial charge in [-0.1, -0.05) is 17.7 Å². The lowest BCUT2D eigenvalue weighted by Crippen LogP contribution is -2.66. The van der Waals surface area contributed by atoms with Crippen molar-refractivity contribution in [2.45, 2.75) is 36.7 Å². The molecule has 0 radical (unpaired) electrons. The van der Waals surface area contributed by atoms with Crippen molar-refractivity contribution in [3.63, 3.8) is 0 Å². The molecule has 24 heavy (non-hydrogen) atoms. The SMILES string of the molecule is Cc1ccc(S(=O)(=O)N2CC3(C2)OCCC3COCC2CC2)cc1. The zero-order valence-corrected chi connectivity index (χ0v) is 14.9. The Hall–Kier alpha value is -0.950. The lowest BCUT2D eigenvalue weighted by molar-refractivity contribution is -0.114. The molecule has 0 aromatic heterocycles. The standard InChI is InChI=1S/C18H25NO4S/c1-14-2-6-17(7-3-14)24(20,21)19-12-18(13-19)16(8-9-23-18)11-22-10-15-4-5-15/h2-3,6-7,15-16H,4-5,8-13H2,1H3. The third-order valence-corrected chi connectivity index (χ3v) is 7.32. The maximum Gasteiger partial charge on any atom is 0.243 e. The lowest BCUT2D eigenvalue weighted by Gasteiger charge is -2.49. The van der Waals surface area contributed by atoms with E-state index in [0.29, 0.717) is 37.1 Å². The highest BCUT2D eigenvalue weighted by atomic mass is 32.2. The van der Waals surface area contributed by atoms with Gasteiger partial charge in [0.05, 0.1) is 11.5 Å². The predicted octanol–water partition coefficient (Wildman–Crippen LogP) is 2.20. The zero-order valence-electron chi connectivity index (χ0n) is 14.1. The minimum absolute atomic E-state index is 0.306. The van der Waals surface area contributed by atoms with Crippen molar-refractivity contribution in [1.82, 2.24) is 4.31 Å². The Kier molecular flexibility index (Phi) is 4.19. The van der Waals surface area contributed by atoms with Gasteiger partial charge in [-0.05, 0) is 44.2 Å². The molecular formula is C18H25NO4S. The molecule has 6 heteroatoms. The number of ether oxygens (including phenoxy) is 2. The van der Waals surface area contributed by atoms with Gasteiger partial charge in [0.15, 0.2) is 0 Å². The van der Waals surface area contributed by atoms with Crippen LogP contribution in [0.25, 0.3) is 0 Å². The zero-order chi connectivity index (χ0) is 16.8. The van der Waals surface area contributed by atoms with E-state index in [9.17, 15) is 8.42 Å². The first-order valence-electron chi connectivity index (χ1n) is 8.78. The number of sulfonamides is 1. The van der Waals surface area contributed by atoms with E-state index in [1.165, 1.54) is 17.1 Å². The van der Waals surface area contributed by atoms with Gasteiger partial charge in [-0.15, -0.1) is 0 Å². The van der Waals surface area contributed by atoms with E-state index < -0.39 is 10.0 Å². The smallest absolute Gasteiger partial charge is 0.243 e. The fraction of sp³-hybridized carbons (Fsp3) is 0.667. The summed E-state index contributed by atoms with van der Waals surface area (Å²) in [4.78, 5) is 0.363. The second-order valence-corrected chi connectivity index (χ2v) is 9.40. The summed E-state index contributed by atoms with van der Waals surface area (Å²) < 4.78 is 38.8. The molecule has 3 fully saturated rings. The highest BCUT2D eigenvalue weighted by Crippen LogP contribution is 2.42. The Morgan fingerprint density at radius 2 is 1.88 bits per heavy atom. The van der Waals surface area contributed by atoms with Crippen molar-refractivity contribution >= 4 is 10.0 Å². The molecule has 0 bridgehead atoms. The van der Waals surface area contributed by atoms with E-state index >= 15 is 0 Å². The predicted molar refractivity (Wildman–Crippen MR) is 90.3 cm³/mol. The molecule has 2 saturated heterocycles. The van der Waals surface area contributed by atoms with Gasteiger partial charge in [-0.3, -0.25) is 0 Å². The van der Waals surface area contributed by atoms with Crippen LogP contribution >= 0.6 is 0 Å². The second kappa shape index (κ2) is 6.09. The Balaban J connectivity index is 1.39. The number of hydrogen-bond acceptors (Lipinski definition) is 4. The van der Waals surface area contributed by atoms with Gasteiger partial charge in [-0.2, -0.15) is 4.31 Å². The molecule has 4 rings (SSSR count). The highest BCUT2D eigenvalue weighted by Gasteiger charge is 2.56. The van der Waals surface area contributed by atoms with Crippen LogP contribution < -0.4 is 0 Å². The molecule has 5 nitrogen and oxygen atoms in total. The van der Waals surface area contributed by atoms with E-state index in [0.717, 1.165) is 24.5 Å². The topological polar surface area (TPSA) is 55.8 Å². The molecule has 0 amide bonds. The fourth-order valence-electron chi connectivity index (χ4n) is 3.61. The quantitative estimate of drug-likeness (QED) is 0.788. The van der Waals surface area contributed by atoms with Gasteiger partial charge < -0.3 is 9.47 Å². The molecule has 2 aliphatic heterocycles. The lowest BCUT2D eigenvalue weighted by atomic mass is 9.83. The Bertz CT molecular complexity index is 690. The summed E-state index contributed by atoms with van der Waals surface area (Å²) in [6.07, 6.45) is 3.53. The van der Waals surface area contributed by atoms with Gasteiger partial charge in [0.2, 0.25) is 10.0 Å². The molecule has 1 aromatic carbocycles. The molecule has 1 unspecified atom stereocenters. The summed E-state index contributed by atoms with van der Waals surface area (Å²) in [6, 6.07) is 7.04. The third-order valence-electron chi connectivity index (χ3n) is 5.52. The molecule has 2 heterocycles. The van der Waals surface area contributed by atoms with Crippen LogP contribution in [0.4, 0.5) is 0 Å². The van der Waals surface area contributed by atoms with Crippen LogP contribution in [0.5, 0.6) is 0 Å². The van der Waals surface area contributed by atoms with Crippen LogP contribution in [-0.2, 0) is 19.5 Å². The molecular weight excluding hydrogens is 326 g/mol. The maximum absolute atomic E-state index is 12.7. The van der Waals surface area contributed by atoms with Gasteiger partial charge in [0.1, 0.15) is 5.60 Å². The van der Waals surface area contributed by atoms with E-state index in [4.69, 9.17) is 9.47 Å². The van der Waals surface area contributed by atoms with Crippen molar-refractivity contribution in [2.75, 3.05) is 32.9 Å². The van der Waals surface area contributed by atoms with Crippen molar-refractivity contribution in [1.29, 1.82) is 0 Å². The number of hydrogen-bond donors (Lipinski definition) is 0. The Morgan fingerprint density at radius 1 is 1.17 bits per heavy atom. The van der Waals surface area contributed by atoms with Gasteiger partial charge in [0.25, 0.3) is 0 Å². The van der Waals surface area contributed by atoms with Crippen LogP contribution in [0.1, 0.15) is 24.8 Å². The highest BCUT2D eigenvalue weighted by molar-refractivity contribution is 7.89. The summed E-state index contributed by atoms with van der Waals surface area (Å²) in [5, 5.41) is 0. The molecule has 1 saturated carbocycles. The molecule has 1 atom stereocenters. The van der Waals surface area contributed by atoms with Crippen LogP contribution in [0.3, 0.4) is 0 Å². The molecule has 0 N–H and O–H groups in total. The van der Waals surface area contributed by atoms with Crippen LogP contribution in [0.2, 0.25) is 0 Å². The van der Waals surface area contributed by atoms with Crippen molar-refractivity contribution in [2.24, 2.45) is 11.8 Å². The molecule has 1 aliphatic carbocycles. The first-order valence-corrected chi connectivity index (χ1v) is 10.2. The summed E-state index contributed by atoms with van der Waals surface area (Å²) in [7, 11) is -3.42. The van der Waals surface area contributed by atoms with Gasteiger partial charge >= 0.3 is 0 Å². The number of rotatable bonds is 6. The van der Waals surface area contributed by atoms with E-state index in [2.05, 4.69) is 0 Å². The van der Waals surface area contributed by atoms with E-state index in [-0.39, 0.29) is 5.60 Å². The second-order valence-electron chi connectivity index (χ2n) is 7.47. The Labute approximate surface area is 144 Å². The average Bonchev–Trinajstić information content (AvgIpc) is 3.23. The van der Waals surface area contributed by atoms with E-state index in [1.54, 1.807) is 12.1 Å². The van der Waals surface area contributed by atoms with Crippen molar-refractivity contribution < 1.29 is 17.9 Å². The summed E-state index contributed by atoms with van der Waals surface area (Å²) in [5.74, 6) is 1.06. The summed E-state index contributed by atoms with van der Waals surface area (Å²) >= 11 is 0. The first-order chi connectivity index (χ1) is 11.5. The minimum Gasteiger partial charge on any atom is -0.381 e. The minimum atomic E-state index is -3.42. The normalized spacial score (nSPS) is 26.6. The largest absolute Gasteiger partial charge is 0.381 e. The van der Waals surface area contributed by atoms with Crippen LogP contribution in [0, 0.1) is 18.8 Å². The third kappa shape index (κ3) is 3.01. The van der Waals surface area contributed by atoms with Crippen LogP contribution in [-0.4, -0.2) is 51.2 Å². The van der Waals surface area contributed by atoms with Gasteiger partial charge in [0, 0.05) is 32.2 Å². The average molecular weight is 351 g/mol. The number of benzene rings is 1. The molecule has 1 aromatic rings. The van der Waals surface area contributed by atoms with Crippen LogP contribution in [0.15, 0.2) is 29.2 Å². The van der Waals surface area contributed by atoms with Gasteiger partial charge in [-0.25, -0.2) is 8.42 Å². The fourth-order valence-corrected chi connectivity index (χ4v) is 5.17. The molecule has 3 aliphatic rings. The summed E-state index contributed by atoms with van der Waals surface area (Å²) in [6.45, 7) is 5.08. The van der Waals surface area contributed by atoms with E-state index in [1.807, 2.05) is 19.1 Å². The van der Waals surface area contributed by atoms with Crippen molar-refractivity contribution in [3.05, 3.63) is 29.8 Å². The number of nitrogens with zero attached hydrogens (tertiary/aromatic N) is 1. The number of aryl methyl sites for hydroxylation is 1. The maximum atomic E-state index is 12.7. The first kappa shape index (κ1) is 16.5.